The minimum Gasteiger partial charge on any atom is -0.337 e. The molecule has 2 amide bonds. The lowest BCUT2D eigenvalue weighted by molar-refractivity contribution is 0.0715. The number of nitrogens with one attached hydrogen (secondary N) is 1. The first-order valence-electron chi connectivity index (χ1n) is 8.19. The Morgan fingerprint density at radius 1 is 1.04 bits per heavy atom. The van der Waals surface area contributed by atoms with Crippen LogP contribution in [0.25, 0.3) is 0 Å². The summed E-state index contributed by atoms with van der Waals surface area (Å²) in [5.41, 5.74) is 2.42. The Bertz CT molecular complexity index is 804. The van der Waals surface area contributed by atoms with Crippen molar-refractivity contribution in [2.75, 3.05) is 26.2 Å². The predicted octanol–water partition coefficient (Wildman–Crippen LogP) is 2.06. The summed E-state index contributed by atoms with van der Waals surface area (Å²) in [6, 6.07) is 5.28. The predicted molar refractivity (Wildman–Crippen MR) is 93.7 cm³/mol. The van der Waals surface area contributed by atoms with Crippen molar-refractivity contribution in [3.63, 3.8) is 0 Å². The van der Waals surface area contributed by atoms with Gasteiger partial charge < -0.3 is 9.80 Å². The highest BCUT2D eigenvalue weighted by Crippen LogP contribution is 2.18. The second-order valence-corrected chi connectivity index (χ2v) is 6.57. The summed E-state index contributed by atoms with van der Waals surface area (Å²) < 4.78 is 0. The third-order valence-corrected chi connectivity index (χ3v) is 4.82. The van der Waals surface area contributed by atoms with E-state index < -0.39 is 0 Å². The quantitative estimate of drug-likeness (QED) is 0.887. The minimum absolute atomic E-state index is 0.0355. The highest BCUT2D eigenvalue weighted by Gasteiger charge is 2.25. The molecular formula is C17H20ClN5O2. The van der Waals surface area contributed by atoms with Crippen LogP contribution in [0.15, 0.2) is 18.2 Å². The number of aromatic nitrogens is 3. The maximum absolute atomic E-state index is 12.7. The van der Waals surface area contributed by atoms with E-state index >= 15 is 0 Å². The average molecular weight is 362 g/mol. The lowest BCUT2D eigenvalue weighted by Gasteiger charge is -2.22. The Hall–Kier alpha value is -2.41. The monoisotopic (exact) mass is 361 g/mol. The van der Waals surface area contributed by atoms with Crippen molar-refractivity contribution in [2.24, 2.45) is 0 Å². The van der Waals surface area contributed by atoms with Gasteiger partial charge in [-0.2, -0.15) is 15.4 Å². The molecule has 25 heavy (non-hydrogen) atoms. The van der Waals surface area contributed by atoms with Gasteiger partial charge in [0, 0.05) is 36.8 Å². The van der Waals surface area contributed by atoms with Crippen LogP contribution >= 0.6 is 11.6 Å². The summed E-state index contributed by atoms with van der Waals surface area (Å²) in [6.07, 6.45) is 0.723. The molecule has 0 unspecified atom stereocenters. The molecule has 0 aliphatic carbocycles. The van der Waals surface area contributed by atoms with Crippen molar-refractivity contribution in [3.8, 4) is 0 Å². The van der Waals surface area contributed by atoms with Gasteiger partial charge in [-0.1, -0.05) is 11.6 Å². The number of hydrogen-bond donors (Lipinski definition) is 1. The van der Waals surface area contributed by atoms with Crippen LogP contribution in [0.5, 0.6) is 0 Å². The zero-order chi connectivity index (χ0) is 18.0. The number of carbonyl (C=O) groups is 2. The average Bonchev–Trinajstić information content (AvgIpc) is 2.88. The molecular weight excluding hydrogens is 342 g/mol. The van der Waals surface area contributed by atoms with E-state index in [-0.39, 0.29) is 11.8 Å². The molecule has 1 fully saturated rings. The second kappa shape index (κ2) is 7.23. The first kappa shape index (κ1) is 17.4. The molecule has 2 aromatic rings. The van der Waals surface area contributed by atoms with Gasteiger partial charge >= 0.3 is 0 Å². The Labute approximate surface area is 150 Å². The molecule has 0 radical (unpaired) electrons. The number of rotatable bonds is 2. The molecule has 3 rings (SSSR count). The normalized spacial score (nSPS) is 15.2. The number of hydrogen-bond acceptors (Lipinski definition) is 4. The highest BCUT2D eigenvalue weighted by atomic mass is 35.5. The van der Waals surface area contributed by atoms with Crippen LogP contribution in [0.1, 0.15) is 38.5 Å². The van der Waals surface area contributed by atoms with Gasteiger partial charge in [0.25, 0.3) is 11.8 Å². The standard InChI is InChI=1S/C17H20ClN5O2/c1-11-10-13(4-5-14(11)18)16(24)22-6-3-7-23(9-8-22)17(25)15-12(2)19-21-20-15/h4-5,10H,3,6-9H2,1-2H3,(H,19,20,21). The Balaban J connectivity index is 1.69. The molecule has 0 saturated carbocycles. The molecule has 7 nitrogen and oxygen atoms in total. The number of halogens is 1. The van der Waals surface area contributed by atoms with E-state index in [1.807, 2.05) is 6.92 Å². The topological polar surface area (TPSA) is 82.2 Å². The summed E-state index contributed by atoms with van der Waals surface area (Å²) >= 11 is 6.03. The second-order valence-electron chi connectivity index (χ2n) is 6.16. The van der Waals surface area contributed by atoms with Crippen molar-refractivity contribution < 1.29 is 9.59 Å². The van der Waals surface area contributed by atoms with Gasteiger partial charge in [0.05, 0.1) is 5.69 Å². The third kappa shape index (κ3) is 3.66. The summed E-state index contributed by atoms with van der Waals surface area (Å²) in [5.74, 6) is -0.186. The van der Waals surface area contributed by atoms with Gasteiger partial charge in [-0.05, 0) is 44.0 Å². The smallest absolute Gasteiger partial charge is 0.276 e. The molecule has 1 aromatic carbocycles. The largest absolute Gasteiger partial charge is 0.337 e. The van der Waals surface area contributed by atoms with Gasteiger partial charge in [0.15, 0.2) is 5.69 Å². The molecule has 8 heteroatoms. The fraction of sp³-hybridized carbons (Fsp3) is 0.412. The lowest BCUT2D eigenvalue weighted by Crippen LogP contribution is -2.37. The maximum Gasteiger partial charge on any atom is 0.276 e. The van der Waals surface area contributed by atoms with E-state index in [2.05, 4.69) is 15.4 Å². The molecule has 2 heterocycles. The number of H-pyrrole nitrogens is 1. The fourth-order valence-corrected chi connectivity index (χ4v) is 3.04. The van der Waals surface area contributed by atoms with Crippen molar-refractivity contribution >= 4 is 23.4 Å². The molecule has 132 valence electrons. The Morgan fingerprint density at radius 3 is 2.32 bits per heavy atom. The summed E-state index contributed by atoms with van der Waals surface area (Å²) in [7, 11) is 0. The summed E-state index contributed by atoms with van der Waals surface area (Å²) in [6.45, 7) is 5.79. The van der Waals surface area contributed by atoms with Crippen LogP contribution in [0.3, 0.4) is 0 Å². The zero-order valence-corrected chi connectivity index (χ0v) is 15.0. The fourth-order valence-electron chi connectivity index (χ4n) is 2.92. The number of nitrogens with zero attached hydrogens (tertiary/aromatic N) is 4. The summed E-state index contributed by atoms with van der Waals surface area (Å²) in [5, 5.41) is 10.9. The van der Waals surface area contributed by atoms with E-state index in [9.17, 15) is 9.59 Å². The number of carbonyl (C=O) groups excluding carboxylic acids is 2. The van der Waals surface area contributed by atoms with E-state index in [4.69, 9.17) is 11.6 Å². The van der Waals surface area contributed by atoms with Crippen molar-refractivity contribution in [1.82, 2.24) is 25.2 Å². The van der Waals surface area contributed by atoms with Crippen LogP contribution in [0.2, 0.25) is 5.02 Å². The molecule has 1 aliphatic rings. The molecule has 0 spiro atoms. The van der Waals surface area contributed by atoms with Crippen LogP contribution in [-0.4, -0.2) is 63.2 Å². The van der Waals surface area contributed by atoms with E-state index in [0.29, 0.717) is 48.2 Å². The van der Waals surface area contributed by atoms with E-state index in [0.717, 1.165) is 12.0 Å². The Kier molecular flexibility index (Phi) is 5.03. The van der Waals surface area contributed by atoms with Crippen LogP contribution in [-0.2, 0) is 0 Å². The molecule has 1 aromatic heterocycles. The van der Waals surface area contributed by atoms with Gasteiger partial charge in [-0.3, -0.25) is 9.59 Å². The van der Waals surface area contributed by atoms with Crippen molar-refractivity contribution in [3.05, 3.63) is 45.7 Å². The summed E-state index contributed by atoms with van der Waals surface area (Å²) in [4.78, 5) is 28.8. The molecule has 1 N–H and O–H groups in total. The van der Waals surface area contributed by atoms with Gasteiger partial charge in [-0.25, -0.2) is 0 Å². The number of benzene rings is 1. The molecule has 1 saturated heterocycles. The van der Waals surface area contributed by atoms with Crippen molar-refractivity contribution in [1.29, 1.82) is 0 Å². The zero-order valence-electron chi connectivity index (χ0n) is 14.3. The van der Waals surface area contributed by atoms with Gasteiger partial charge in [-0.15, -0.1) is 0 Å². The van der Waals surface area contributed by atoms with Crippen LogP contribution < -0.4 is 0 Å². The third-order valence-electron chi connectivity index (χ3n) is 4.40. The number of amides is 2. The van der Waals surface area contributed by atoms with Gasteiger partial charge in [0.1, 0.15) is 0 Å². The maximum atomic E-state index is 12.7. The number of aryl methyl sites for hydroxylation is 2. The first-order valence-corrected chi connectivity index (χ1v) is 8.57. The molecule has 1 aliphatic heterocycles. The van der Waals surface area contributed by atoms with Crippen LogP contribution in [0.4, 0.5) is 0 Å². The minimum atomic E-state index is -0.150. The highest BCUT2D eigenvalue weighted by molar-refractivity contribution is 6.31. The van der Waals surface area contributed by atoms with Gasteiger partial charge in [0.2, 0.25) is 0 Å². The SMILES string of the molecule is Cc1cc(C(=O)N2CCCN(C(=O)c3n[nH]nc3C)CC2)ccc1Cl. The van der Waals surface area contributed by atoms with Crippen LogP contribution in [0, 0.1) is 13.8 Å². The number of aromatic amines is 1. The molecule has 0 bridgehead atoms. The van der Waals surface area contributed by atoms with E-state index in [1.54, 1.807) is 34.9 Å². The van der Waals surface area contributed by atoms with Crippen molar-refractivity contribution in [2.45, 2.75) is 20.3 Å². The Morgan fingerprint density at radius 2 is 1.72 bits per heavy atom. The molecule has 0 atom stereocenters. The lowest BCUT2D eigenvalue weighted by atomic mass is 10.1. The first-order chi connectivity index (χ1) is 12.0. The van der Waals surface area contributed by atoms with E-state index in [1.165, 1.54) is 0 Å².